The highest BCUT2D eigenvalue weighted by molar-refractivity contribution is 5.95. The average Bonchev–Trinajstić information content (AvgIpc) is 1.94. The third-order valence-electron chi connectivity index (χ3n) is 1.19. The Bertz CT molecular complexity index is 298. The third-order valence-corrected chi connectivity index (χ3v) is 1.19. The van der Waals surface area contributed by atoms with E-state index in [4.69, 9.17) is 16.6 Å². The number of nitrogens with two attached hydrogens (primary N) is 2. The van der Waals surface area contributed by atoms with Crippen LogP contribution in [0.3, 0.4) is 0 Å². The van der Waals surface area contributed by atoms with E-state index in [1.807, 2.05) is 0 Å². The molecule has 1 aromatic rings. The maximum Gasteiger partial charge on any atom is 0.271 e. The largest absolute Gasteiger partial charge is 0.504 e. The lowest BCUT2D eigenvalue weighted by Gasteiger charge is -2.00. The molecule has 5 nitrogen and oxygen atoms in total. The van der Waals surface area contributed by atoms with E-state index >= 15 is 0 Å². The molecule has 0 aromatic carbocycles. The lowest BCUT2D eigenvalue weighted by atomic mass is 10.3. The third kappa shape index (κ3) is 1.21. The van der Waals surface area contributed by atoms with Crippen molar-refractivity contribution >= 4 is 11.6 Å². The first-order valence-corrected chi connectivity index (χ1v) is 2.86. The van der Waals surface area contributed by atoms with Gasteiger partial charge in [-0.2, -0.15) is 0 Å². The number of aromatic nitrogens is 1. The maximum atomic E-state index is 10.5. The molecule has 0 atom stereocenters. The first-order chi connectivity index (χ1) is 5.13. The number of hydrogen-bond acceptors (Lipinski definition) is 4. The first kappa shape index (κ1) is 7.33. The fraction of sp³-hybridized carbons (Fsp3) is 0. The van der Waals surface area contributed by atoms with Crippen molar-refractivity contribution < 1.29 is 9.90 Å². The Labute approximate surface area is 62.7 Å². The molecule has 0 bridgehead atoms. The molecule has 1 heterocycles. The summed E-state index contributed by atoms with van der Waals surface area (Å²) in [5.41, 5.74) is 10.0. The molecule has 0 fully saturated rings. The van der Waals surface area contributed by atoms with Crippen LogP contribution in [0.5, 0.6) is 5.75 Å². The molecule has 0 aliphatic heterocycles. The fourth-order valence-corrected chi connectivity index (χ4v) is 0.649. The van der Waals surface area contributed by atoms with Crippen LogP contribution in [0.2, 0.25) is 0 Å². The van der Waals surface area contributed by atoms with Crippen molar-refractivity contribution in [3.05, 3.63) is 18.0 Å². The summed E-state index contributed by atoms with van der Waals surface area (Å²) in [6.45, 7) is 0. The van der Waals surface area contributed by atoms with Gasteiger partial charge in [0.15, 0.2) is 11.4 Å². The molecule has 1 rings (SSSR count). The van der Waals surface area contributed by atoms with Crippen LogP contribution in [0.15, 0.2) is 12.3 Å². The highest BCUT2D eigenvalue weighted by atomic mass is 16.3. The Morgan fingerprint density at radius 3 is 2.73 bits per heavy atom. The molecule has 11 heavy (non-hydrogen) atoms. The summed E-state index contributed by atoms with van der Waals surface area (Å²) in [6, 6.07) is 1.38. The number of carbonyl (C=O) groups is 1. The van der Waals surface area contributed by atoms with E-state index in [9.17, 15) is 4.79 Å². The molecular formula is C6H7N3O2. The van der Waals surface area contributed by atoms with E-state index in [0.29, 0.717) is 0 Å². The van der Waals surface area contributed by atoms with Gasteiger partial charge in [0.2, 0.25) is 0 Å². The van der Waals surface area contributed by atoms with Gasteiger partial charge in [-0.25, -0.2) is 4.98 Å². The highest BCUT2D eigenvalue weighted by Gasteiger charge is 2.10. The van der Waals surface area contributed by atoms with E-state index in [-0.39, 0.29) is 17.1 Å². The van der Waals surface area contributed by atoms with Gasteiger partial charge >= 0.3 is 0 Å². The number of rotatable bonds is 1. The lowest BCUT2D eigenvalue weighted by Crippen LogP contribution is -2.13. The summed E-state index contributed by atoms with van der Waals surface area (Å²) in [5, 5.41) is 9.08. The average molecular weight is 153 g/mol. The van der Waals surface area contributed by atoms with Gasteiger partial charge in [-0.1, -0.05) is 0 Å². The smallest absolute Gasteiger partial charge is 0.271 e. The van der Waals surface area contributed by atoms with Gasteiger partial charge in [0.05, 0.1) is 5.69 Å². The Balaban J connectivity index is 3.27. The summed E-state index contributed by atoms with van der Waals surface area (Å²) >= 11 is 0. The zero-order valence-corrected chi connectivity index (χ0v) is 5.61. The van der Waals surface area contributed by atoms with Gasteiger partial charge in [0, 0.05) is 6.20 Å². The number of primary amides is 1. The zero-order valence-electron chi connectivity index (χ0n) is 5.61. The molecule has 58 valence electrons. The molecule has 0 aliphatic carbocycles. The molecule has 0 radical (unpaired) electrons. The van der Waals surface area contributed by atoms with E-state index in [0.717, 1.165) is 0 Å². The van der Waals surface area contributed by atoms with Crippen LogP contribution in [0, 0.1) is 0 Å². The number of pyridine rings is 1. The second-order valence-electron chi connectivity index (χ2n) is 1.96. The van der Waals surface area contributed by atoms with Crippen molar-refractivity contribution in [1.82, 2.24) is 4.98 Å². The van der Waals surface area contributed by atoms with E-state index < -0.39 is 5.91 Å². The molecule has 0 aliphatic rings. The topological polar surface area (TPSA) is 102 Å². The second kappa shape index (κ2) is 2.45. The molecule has 5 N–H and O–H groups in total. The van der Waals surface area contributed by atoms with Crippen LogP contribution in [-0.2, 0) is 0 Å². The minimum absolute atomic E-state index is 0.0915. The van der Waals surface area contributed by atoms with Gasteiger partial charge in [-0.05, 0) is 6.07 Å². The molecule has 0 spiro atoms. The van der Waals surface area contributed by atoms with Crippen LogP contribution in [0.25, 0.3) is 0 Å². The number of aromatic hydroxyl groups is 1. The summed E-state index contributed by atoms with van der Waals surface area (Å²) in [6.07, 6.45) is 1.30. The van der Waals surface area contributed by atoms with Gasteiger partial charge in [-0.3, -0.25) is 4.79 Å². The minimum atomic E-state index is -0.796. The molecule has 0 saturated heterocycles. The first-order valence-electron chi connectivity index (χ1n) is 2.86. The maximum absolute atomic E-state index is 10.5. The number of nitrogens with zero attached hydrogens (tertiary/aromatic N) is 1. The van der Waals surface area contributed by atoms with Gasteiger partial charge in [-0.15, -0.1) is 0 Å². The standard InChI is InChI=1S/C6H7N3O2/c7-3-1-2-9-4(5(3)10)6(8)11/h1-2,10H,(H2,7,9)(H2,8,11). The molecular weight excluding hydrogens is 146 g/mol. The molecule has 0 saturated carbocycles. The summed E-state index contributed by atoms with van der Waals surface area (Å²) in [4.78, 5) is 14.1. The quantitative estimate of drug-likeness (QED) is 0.504. The number of hydrogen-bond donors (Lipinski definition) is 3. The fourth-order valence-electron chi connectivity index (χ4n) is 0.649. The lowest BCUT2D eigenvalue weighted by molar-refractivity contribution is 0.0993. The molecule has 1 aromatic heterocycles. The molecule has 0 unspecified atom stereocenters. The Morgan fingerprint density at radius 1 is 1.64 bits per heavy atom. The Morgan fingerprint density at radius 2 is 2.27 bits per heavy atom. The van der Waals surface area contributed by atoms with Crippen LogP contribution in [-0.4, -0.2) is 16.0 Å². The summed E-state index contributed by atoms with van der Waals surface area (Å²) < 4.78 is 0. The monoisotopic (exact) mass is 153 g/mol. The normalized spacial score (nSPS) is 9.45. The van der Waals surface area contributed by atoms with Crippen LogP contribution >= 0.6 is 0 Å². The highest BCUT2D eigenvalue weighted by Crippen LogP contribution is 2.20. The number of carbonyl (C=O) groups excluding carboxylic acids is 1. The van der Waals surface area contributed by atoms with Crippen molar-refractivity contribution in [3.63, 3.8) is 0 Å². The second-order valence-corrected chi connectivity index (χ2v) is 1.96. The van der Waals surface area contributed by atoms with Crippen molar-refractivity contribution in [3.8, 4) is 5.75 Å². The van der Waals surface area contributed by atoms with Gasteiger partial charge in [0.25, 0.3) is 5.91 Å². The predicted octanol–water partition coefficient (Wildman–Crippen LogP) is -0.532. The summed E-state index contributed by atoms with van der Waals surface area (Å²) in [7, 11) is 0. The molecule has 5 heteroatoms. The number of anilines is 1. The van der Waals surface area contributed by atoms with Crippen LogP contribution in [0.1, 0.15) is 10.5 Å². The Hall–Kier alpha value is -1.78. The van der Waals surface area contributed by atoms with Crippen LogP contribution < -0.4 is 11.5 Å². The number of amides is 1. The number of nitrogen functional groups attached to an aromatic ring is 1. The van der Waals surface area contributed by atoms with Crippen molar-refractivity contribution in [1.29, 1.82) is 0 Å². The van der Waals surface area contributed by atoms with Gasteiger partial charge in [0.1, 0.15) is 0 Å². The summed E-state index contributed by atoms with van der Waals surface area (Å²) in [5.74, 6) is -1.16. The van der Waals surface area contributed by atoms with Crippen molar-refractivity contribution in [2.45, 2.75) is 0 Å². The van der Waals surface area contributed by atoms with Crippen molar-refractivity contribution in [2.75, 3.05) is 5.73 Å². The van der Waals surface area contributed by atoms with Crippen LogP contribution in [0.4, 0.5) is 5.69 Å². The van der Waals surface area contributed by atoms with E-state index in [2.05, 4.69) is 4.98 Å². The predicted molar refractivity (Wildman–Crippen MR) is 38.8 cm³/mol. The SMILES string of the molecule is NC(=O)c1nccc(N)c1O. The minimum Gasteiger partial charge on any atom is -0.504 e. The zero-order chi connectivity index (χ0) is 8.43. The van der Waals surface area contributed by atoms with E-state index in [1.54, 1.807) is 0 Å². The van der Waals surface area contributed by atoms with Gasteiger partial charge < -0.3 is 16.6 Å². The Kier molecular flexibility index (Phi) is 1.63. The van der Waals surface area contributed by atoms with Crippen molar-refractivity contribution in [2.24, 2.45) is 5.73 Å². The van der Waals surface area contributed by atoms with E-state index in [1.165, 1.54) is 12.3 Å². The molecule has 1 amide bonds.